The number of fused-ring (bicyclic) bond motifs is 1. The van der Waals surface area contributed by atoms with Crippen LogP contribution in [-0.4, -0.2) is 63.2 Å². The Bertz CT molecular complexity index is 1250. The number of hydrogen-bond acceptors (Lipinski definition) is 6. The lowest BCUT2D eigenvalue weighted by atomic mass is 10.1. The number of sulfonamides is 1. The van der Waals surface area contributed by atoms with Crippen molar-refractivity contribution in [2.24, 2.45) is 0 Å². The highest BCUT2D eigenvalue weighted by Crippen LogP contribution is 2.35. The molecule has 2 amide bonds. The van der Waals surface area contributed by atoms with Crippen molar-refractivity contribution in [3.8, 4) is 11.5 Å². The van der Waals surface area contributed by atoms with E-state index < -0.39 is 28.5 Å². The predicted octanol–water partition coefficient (Wildman–Crippen LogP) is 3.86. The Morgan fingerprint density at radius 1 is 1.05 bits per heavy atom. The van der Waals surface area contributed by atoms with E-state index in [0.29, 0.717) is 46.7 Å². The third kappa shape index (κ3) is 7.43. The Labute approximate surface area is 227 Å². The Hall–Kier alpha value is -2.69. The quantitative estimate of drug-likeness (QED) is 0.464. The van der Waals surface area contributed by atoms with Gasteiger partial charge in [0.2, 0.25) is 21.8 Å². The lowest BCUT2D eigenvalue weighted by molar-refractivity contribution is -0.140. The summed E-state index contributed by atoms with van der Waals surface area (Å²) in [5.41, 5.74) is 0.810. The van der Waals surface area contributed by atoms with E-state index in [1.54, 1.807) is 37.3 Å². The van der Waals surface area contributed by atoms with Gasteiger partial charge >= 0.3 is 0 Å². The summed E-state index contributed by atoms with van der Waals surface area (Å²) in [6.45, 7) is 5.59. The molecule has 2 aromatic rings. The van der Waals surface area contributed by atoms with Crippen LogP contribution in [0.3, 0.4) is 0 Å². The van der Waals surface area contributed by atoms with Crippen LogP contribution in [0.4, 0.5) is 5.69 Å². The molecule has 1 aliphatic heterocycles. The maximum Gasteiger partial charge on any atom is 0.244 e. The van der Waals surface area contributed by atoms with Gasteiger partial charge in [0.1, 0.15) is 25.8 Å². The van der Waals surface area contributed by atoms with Crippen LogP contribution in [-0.2, 0) is 26.2 Å². The molecule has 0 saturated carbocycles. The second-order valence-corrected chi connectivity index (χ2v) is 11.7. The first-order valence-corrected chi connectivity index (χ1v) is 14.4. The zero-order valence-corrected chi connectivity index (χ0v) is 23.5. The number of nitrogens with zero attached hydrogens (tertiary/aromatic N) is 2. The van der Waals surface area contributed by atoms with E-state index in [-0.39, 0.29) is 24.2 Å². The summed E-state index contributed by atoms with van der Waals surface area (Å²) in [5, 5.41) is 3.60. The van der Waals surface area contributed by atoms with Crippen LogP contribution in [0.15, 0.2) is 36.4 Å². The number of rotatable bonds is 10. The van der Waals surface area contributed by atoms with Crippen molar-refractivity contribution < 1.29 is 27.5 Å². The minimum atomic E-state index is -3.89. The fourth-order valence-electron chi connectivity index (χ4n) is 3.93. The first kappa shape index (κ1) is 28.9. The number of halogens is 2. The molecule has 202 valence electrons. The van der Waals surface area contributed by atoms with Gasteiger partial charge < -0.3 is 19.7 Å². The number of ether oxygens (including phenoxy) is 2. The van der Waals surface area contributed by atoms with E-state index in [0.717, 1.165) is 10.6 Å². The first-order chi connectivity index (χ1) is 17.4. The van der Waals surface area contributed by atoms with Crippen molar-refractivity contribution in [3.63, 3.8) is 0 Å². The van der Waals surface area contributed by atoms with Crippen molar-refractivity contribution in [2.75, 3.05) is 30.3 Å². The molecule has 0 spiro atoms. The normalized spacial score (nSPS) is 13.7. The largest absolute Gasteiger partial charge is 0.486 e. The average Bonchev–Trinajstić information content (AvgIpc) is 2.82. The highest BCUT2D eigenvalue weighted by Gasteiger charge is 2.32. The molecule has 1 aliphatic rings. The molecule has 0 unspecified atom stereocenters. The molecule has 0 radical (unpaired) electrons. The summed E-state index contributed by atoms with van der Waals surface area (Å²) in [6.07, 6.45) is 1.32. The van der Waals surface area contributed by atoms with Crippen LogP contribution in [0.25, 0.3) is 0 Å². The smallest absolute Gasteiger partial charge is 0.244 e. The molecule has 2 aromatic carbocycles. The highest BCUT2D eigenvalue weighted by atomic mass is 35.5. The van der Waals surface area contributed by atoms with Gasteiger partial charge in [-0.3, -0.25) is 13.9 Å². The van der Waals surface area contributed by atoms with Gasteiger partial charge in [0, 0.05) is 28.7 Å². The maximum absolute atomic E-state index is 13.8. The fourth-order valence-corrected chi connectivity index (χ4v) is 5.24. The molecule has 0 bridgehead atoms. The van der Waals surface area contributed by atoms with Gasteiger partial charge in [0.25, 0.3) is 0 Å². The molecular weight excluding hydrogens is 541 g/mol. The van der Waals surface area contributed by atoms with Gasteiger partial charge in [0.05, 0.1) is 11.9 Å². The van der Waals surface area contributed by atoms with Gasteiger partial charge in [-0.15, -0.1) is 0 Å². The van der Waals surface area contributed by atoms with E-state index in [2.05, 4.69) is 5.32 Å². The van der Waals surface area contributed by atoms with Crippen LogP contribution in [0.5, 0.6) is 11.5 Å². The zero-order valence-electron chi connectivity index (χ0n) is 21.2. The van der Waals surface area contributed by atoms with Crippen molar-refractivity contribution in [1.29, 1.82) is 0 Å². The summed E-state index contributed by atoms with van der Waals surface area (Å²) >= 11 is 12.4. The number of hydrogen-bond donors (Lipinski definition) is 1. The van der Waals surface area contributed by atoms with Crippen LogP contribution in [0, 0.1) is 0 Å². The third-order valence-electron chi connectivity index (χ3n) is 5.67. The molecule has 1 N–H and O–H groups in total. The second kappa shape index (κ2) is 12.2. The summed E-state index contributed by atoms with van der Waals surface area (Å²) in [7, 11) is -3.89. The third-order valence-corrected chi connectivity index (χ3v) is 7.39. The van der Waals surface area contributed by atoms with E-state index in [1.165, 1.54) is 11.0 Å². The molecule has 3 rings (SSSR count). The minimum absolute atomic E-state index is 0.0163. The molecular formula is C25H31Cl2N3O6S. The number of nitrogens with one attached hydrogen (secondary N) is 1. The van der Waals surface area contributed by atoms with E-state index in [4.69, 9.17) is 32.7 Å². The average molecular weight is 573 g/mol. The van der Waals surface area contributed by atoms with Crippen molar-refractivity contribution in [1.82, 2.24) is 10.2 Å². The highest BCUT2D eigenvalue weighted by molar-refractivity contribution is 7.92. The summed E-state index contributed by atoms with van der Waals surface area (Å²) in [5.74, 6) is -0.0409. The van der Waals surface area contributed by atoms with E-state index in [1.807, 2.05) is 13.8 Å². The summed E-state index contributed by atoms with van der Waals surface area (Å²) in [6, 6.07) is 8.52. The van der Waals surface area contributed by atoms with Gasteiger partial charge in [-0.2, -0.15) is 0 Å². The minimum Gasteiger partial charge on any atom is -0.486 e. The van der Waals surface area contributed by atoms with Gasteiger partial charge in [-0.25, -0.2) is 8.42 Å². The SMILES string of the molecule is CC[C@H](C(=O)NC(C)C)N(Cc1ccc(Cl)cc1Cl)C(=O)CN(c1ccc2c(c1)OCCO2)S(C)(=O)=O. The topological polar surface area (TPSA) is 105 Å². The first-order valence-electron chi connectivity index (χ1n) is 11.8. The zero-order chi connectivity index (χ0) is 27.3. The lowest BCUT2D eigenvalue weighted by Gasteiger charge is -2.33. The molecule has 12 heteroatoms. The van der Waals surface area contributed by atoms with Gasteiger partial charge in [-0.05, 0) is 50.1 Å². The number of carbonyl (C=O) groups is 2. The van der Waals surface area contributed by atoms with Crippen LogP contribution in [0.1, 0.15) is 32.8 Å². The van der Waals surface area contributed by atoms with Gasteiger partial charge in [-0.1, -0.05) is 36.2 Å². The molecule has 0 aliphatic carbocycles. The monoisotopic (exact) mass is 571 g/mol. The van der Waals surface area contributed by atoms with Crippen molar-refractivity contribution in [2.45, 2.75) is 45.8 Å². The molecule has 0 aromatic heterocycles. The summed E-state index contributed by atoms with van der Waals surface area (Å²) in [4.78, 5) is 28.2. The Balaban J connectivity index is 1.98. The van der Waals surface area contributed by atoms with Crippen LogP contribution >= 0.6 is 23.2 Å². The number of carbonyl (C=O) groups excluding carboxylic acids is 2. The number of anilines is 1. The molecule has 37 heavy (non-hydrogen) atoms. The standard InChI is InChI=1S/C25H31Cl2N3O6S/c1-5-21(25(32)28-16(2)3)29(14-17-6-7-18(26)12-20(17)27)24(31)15-30(37(4,33)34)19-8-9-22-23(13-19)36-11-10-35-22/h6-9,12-13,16,21H,5,10-11,14-15H2,1-4H3,(H,28,32)/t21-/m1/s1. The van der Waals surface area contributed by atoms with Crippen LogP contribution in [0.2, 0.25) is 10.0 Å². The van der Waals surface area contributed by atoms with Gasteiger partial charge in [0.15, 0.2) is 11.5 Å². The molecule has 1 atom stereocenters. The molecule has 9 nitrogen and oxygen atoms in total. The Morgan fingerprint density at radius 3 is 2.32 bits per heavy atom. The Kier molecular flexibility index (Phi) is 9.55. The fraction of sp³-hybridized carbons (Fsp3) is 0.440. The molecule has 0 fully saturated rings. The second-order valence-electron chi connectivity index (χ2n) is 8.94. The molecule has 1 heterocycles. The number of amides is 2. The predicted molar refractivity (Wildman–Crippen MR) is 144 cm³/mol. The Morgan fingerprint density at radius 2 is 1.73 bits per heavy atom. The van der Waals surface area contributed by atoms with Crippen molar-refractivity contribution in [3.05, 3.63) is 52.0 Å². The lowest BCUT2D eigenvalue weighted by Crippen LogP contribution is -2.53. The van der Waals surface area contributed by atoms with Crippen LogP contribution < -0.4 is 19.1 Å². The van der Waals surface area contributed by atoms with E-state index >= 15 is 0 Å². The summed E-state index contributed by atoms with van der Waals surface area (Å²) < 4.78 is 37.7. The maximum atomic E-state index is 13.8. The van der Waals surface area contributed by atoms with Crippen molar-refractivity contribution >= 4 is 50.7 Å². The van der Waals surface area contributed by atoms with E-state index in [9.17, 15) is 18.0 Å². The number of benzene rings is 2. The molecule has 0 saturated heterocycles.